The maximum absolute atomic E-state index is 11.6. The van der Waals surface area contributed by atoms with Gasteiger partial charge in [-0.05, 0) is 44.2 Å². The SMILES string of the molecule is Cc1ccc(OC[C@H]2O[C@@H](c3cccc(=O)o3)C[C@@H]2Oc2ccc(C)cc2)cc1. The Morgan fingerprint density at radius 3 is 2.21 bits per heavy atom. The molecule has 0 bridgehead atoms. The van der Waals surface area contributed by atoms with Gasteiger partial charge in [-0.15, -0.1) is 0 Å². The Labute approximate surface area is 169 Å². The molecule has 0 aliphatic carbocycles. The zero-order valence-corrected chi connectivity index (χ0v) is 16.5. The van der Waals surface area contributed by atoms with Gasteiger partial charge in [0.15, 0.2) is 0 Å². The van der Waals surface area contributed by atoms with Gasteiger partial charge in [0.1, 0.15) is 42.2 Å². The van der Waals surface area contributed by atoms with Crippen molar-refractivity contribution in [2.24, 2.45) is 0 Å². The van der Waals surface area contributed by atoms with Crippen LogP contribution in [0.15, 0.2) is 75.9 Å². The van der Waals surface area contributed by atoms with E-state index in [1.54, 1.807) is 12.1 Å². The molecule has 1 aliphatic rings. The van der Waals surface area contributed by atoms with Crippen molar-refractivity contribution < 1.29 is 18.6 Å². The van der Waals surface area contributed by atoms with Crippen molar-refractivity contribution in [3.63, 3.8) is 0 Å². The van der Waals surface area contributed by atoms with Crippen LogP contribution in [0.5, 0.6) is 11.5 Å². The smallest absolute Gasteiger partial charge is 0.335 e. The Hall–Kier alpha value is -3.05. The fourth-order valence-corrected chi connectivity index (χ4v) is 3.35. The van der Waals surface area contributed by atoms with Crippen LogP contribution in [-0.2, 0) is 4.74 Å². The van der Waals surface area contributed by atoms with Gasteiger partial charge in [-0.1, -0.05) is 41.5 Å². The summed E-state index contributed by atoms with van der Waals surface area (Å²) in [5.41, 5.74) is 1.96. The quantitative estimate of drug-likeness (QED) is 0.613. The van der Waals surface area contributed by atoms with Crippen molar-refractivity contribution in [2.45, 2.75) is 38.6 Å². The first-order valence-corrected chi connectivity index (χ1v) is 9.75. The van der Waals surface area contributed by atoms with Crippen LogP contribution in [0.2, 0.25) is 0 Å². The lowest BCUT2D eigenvalue weighted by molar-refractivity contribution is -0.0176. The van der Waals surface area contributed by atoms with Crippen LogP contribution in [0.25, 0.3) is 0 Å². The molecule has 0 N–H and O–H groups in total. The summed E-state index contributed by atoms with van der Waals surface area (Å²) in [6.45, 7) is 4.41. The topological polar surface area (TPSA) is 57.9 Å². The molecule has 0 unspecified atom stereocenters. The Balaban J connectivity index is 1.50. The summed E-state index contributed by atoms with van der Waals surface area (Å²) in [6.07, 6.45) is -0.305. The van der Waals surface area contributed by atoms with Gasteiger partial charge in [-0.2, -0.15) is 0 Å². The number of hydrogen-bond donors (Lipinski definition) is 0. The first kappa shape index (κ1) is 19.3. The normalized spacial score (nSPS) is 21.1. The lowest BCUT2D eigenvalue weighted by Gasteiger charge is -2.20. The first-order valence-electron chi connectivity index (χ1n) is 9.75. The standard InChI is InChI=1S/C24H24O5/c1-16-6-10-18(11-7-16)26-15-23-22(27-19-12-8-17(2)9-13-19)14-21(28-23)20-4-3-5-24(25)29-20/h3-13,21-23H,14-15H2,1-2H3/t21-,22+,23-/m1/s1. The molecule has 1 aromatic heterocycles. The van der Waals surface area contributed by atoms with Gasteiger partial charge < -0.3 is 18.6 Å². The van der Waals surface area contributed by atoms with Crippen LogP contribution in [0, 0.1) is 13.8 Å². The molecular formula is C24H24O5. The lowest BCUT2D eigenvalue weighted by atomic mass is 10.1. The predicted octanol–water partition coefficient (Wildman–Crippen LogP) is 4.61. The van der Waals surface area contributed by atoms with Crippen LogP contribution in [0.4, 0.5) is 0 Å². The third-order valence-corrected chi connectivity index (χ3v) is 4.97. The van der Waals surface area contributed by atoms with Gasteiger partial charge in [0.05, 0.1) is 0 Å². The van der Waals surface area contributed by atoms with Crippen molar-refractivity contribution >= 4 is 0 Å². The minimum absolute atomic E-state index is 0.223. The second-order valence-corrected chi connectivity index (χ2v) is 7.34. The van der Waals surface area contributed by atoms with Crippen molar-refractivity contribution in [3.05, 3.63) is 94.0 Å². The average Bonchev–Trinajstić information content (AvgIpc) is 3.12. The molecule has 0 spiro atoms. The van der Waals surface area contributed by atoms with Crippen LogP contribution in [0.3, 0.4) is 0 Å². The fraction of sp³-hybridized carbons (Fsp3) is 0.292. The van der Waals surface area contributed by atoms with Gasteiger partial charge in [0, 0.05) is 12.5 Å². The summed E-state index contributed by atoms with van der Waals surface area (Å²) in [4.78, 5) is 11.6. The molecule has 150 valence electrons. The molecule has 0 radical (unpaired) electrons. The van der Waals surface area contributed by atoms with Crippen LogP contribution in [0.1, 0.15) is 29.4 Å². The monoisotopic (exact) mass is 392 g/mol. The third-order valence-electron chi connectivity index (χ3n) is 4.97. The Kier molecular flexibility index (Phi) is 5.67. The van der Waals surface area contributed by atoms with Crippen LogP contribution >= 0.6 is 0 Å². The fourth-order valence-electron chi connectivity index (χ4n) is 3.35. The van der Waals surface area contributed by atoms with Gasteiger partial charge in [-0.25, -0.2) is 4.79 Å². The van der Waals surface area contributed by atoms with Crippen molar-refractivity contribution in [1.82, 2.24) is 0 Å². The van der Waals surface area contributed by atoms with Gasteiger partial charge >= 0.3 is 5.63 Å². The van der Waals surface area contributed by atoms with E-state index >= 15 is 0 Å². The Morgan fingerprint density at radius 1 is 0.897 bits per heavy atom. The van der Waals surface area contributed by atoms with Gasteiger partial charge in [-0.3, -0.25) is 0 Å². The first-order chi connectivity index (χ1) is 14.1. The van der Waals surface area contributed by atoms with Gasteiger partial charge in [0.2, 0.25) is 0 Å². The highest BCUT2D eigenvalue weighted by molar-refractivity contribution is 5.27. The Morgan fingerprint density at radius 2 is 1.55 bits per heavy atom. The van der Waals surface area contributed by atoms with Gasteiger partial charge in [0.25, 0.3) is 0 Å². The molecule has 5 nitrogen and oxygen atoms in total. The van der Waals surface area contributed by atoms with E-state index in [0.717, 1.165) is 11.5 Å². The largest absolute Gasteiger partial charge is 0.491 e. The van der Waals surface area contributed by atoms with Crippen molar-refractivity contribution in [2.75, 3.05) is 6.61 Å². The molecular weight excluding hydrogens is 368 g/mol. The van der Waals surface area contributed by atoms with Crippen molar-refractivity contribution in [1.29, 1.82) is 0 Å². The molecule has 0 amide bonds. The highest BCUT2D eigenvalue weighted by Crippen LogP contribution is 2.35. The number of hydrogen-bond acceptors (Lipinski definition) is 5. The predicted molar refractivity (Wildman–Crippen MR) is 109 cm³/mol. The number of aryl methyl sites for hydroxylation is 2. The number of rotatable bonds is 6. The van der Waals surface area contributed by atoms with Crippen LogP contribution < -0.4 is 15.1 Å². The van der Waals surface area contributed by atoms with E-state index in [-0.39, 0.29) is 23.9 Å². The second kappa shape index (κ2) is 8.53. The Bertz CT molecular complexity index is 991. The molecule has 1 saturated heterocycles. The van der Waals surface area contributed by atoms with E-state index in [2.05, 4.69) is 0 Å². The van der Waals surface area contributed by atoms with E-state index in [0.29, 0.717) is 18.8 Å². The highest BCUT2D eigenvalue weighted by atomic mass is 16.6. The summed E-state index contributed by atoms with van der Waals surface area (Å²) >= 11 is 0. The molecule has 3 atom stereocenters. The minimum Gasteiger partial charge on any atom is -0.491 e. The molecule has 4 rings (SSSR count). The summed E-state index contributed by atoms with van der Waals surface area (Å²) < 4.78 is 23.6. The number of ether oxygens (including phenoxy) is 3. The van der Waals surface area contributed by atoms with E-state index in [1.807, 2.05) is 62.4 Å². The molecule has 0 saturated carbocycles. The lowest BCUT2D eigenvalue weighted by Crippen LogP contribution is -2.32. The summed E-state index contributed by atoms with van der Waals surface area (Å²) in [5, 5.41) is 0. The summed E-state index contributed by atoms with van der Waals surface area (Å²) in [5.74, 6) is 2.07. The second-order valence-electron chi connectivity index (χ2n) is 7.34. The molecule has 3 aromatic rings. The third kappa shape index (κ3) is 4.87. The maximum Gasteiger partial charge on any atom is 0.335 e. The maximum atomic E-state index is 11.6. The summed E-state index contributed by atoms with van der Waals surface area (Å²) in [7, 11) is 0. The minimum atomic E-state index is -0.388. The molecule has 2 aromatic carbocycles. The van der Waals surface area contributed by atoms with Crippen molar-refractivity contribution in [3.8, 4) is 11.5 Å². The molecule has 1 fully saturated rings. The average molecular weight is 392 g/mol. The molecule has 29 heavy (non-hydrogen) atoms. The van der Waals surface area contributed by atoms with E-state index in [9.17, 15) is 4.79 Å². The summed E-state index contributed by atoms with van der Waals surface area (Å²) in [6, 6.07) is 20.6. The van der Waals surface area contributed by atoms with Crippen LogP contribution in [-0.4, -0.2) is 18.8 Å². The molecule has 5 heteroatoms. The van der Waals surface area contributed by atoms with E-state index in [1.165, 1.54) is 17.2 Å². The molecule has 2 heterocycles. The molecule has 1 aliphatic heterocycles. The van der Waals surface area contributed by atoms with E-state index in [4.69, 9.17) is 18.6 Å². The highest BCUT2D eigenvalue weighted by Gasteiger charge is 2.39. The zero-order chi connectivity index (χ0) is 20.2. The zero-order valence-electron chi connectivity index (χ0n) is 16.5. The van der Waals surface area contributed by atoms with E-state index < -0.39 is 0 Å². The number of benzene rings is 2.